The summed E-state index contributed by atoms with van der Waals surface area (Å²) in [5.41, 5.74) is 3.32. The third-order valence-electron chi connectivity index (χ3n) is 4.41. The molecule has 0 saturated carbocycles. The minimum Gasteiger partial charge on any atom is -0.382 e. The average molecular weight is 325 g/mol. The summed E-state index contributed by atoms with van der Waals surface area (Å²) < 4.78 is 5.19. The van der Waals surface area contributed by atoms with Crippen LogP contribution >= 0.6 is 0 Å². The lowest BCUT2D eigenvalue weighted by Crippen LogP contribution is -2.17. The van der Waals surface area contributed by atoms with Crippen LogP contribution in [-0.2, 0) is 22.6 Å². The van der Waals surface area contributed by atoms with Crippen LogP contribution < -0.4 is 10.2 Å². The number of carbonyl (C=O) groups is 1. The van der Waals surface area contributed by atoms with Crippen LogP contribution in [0.3, 0.4) is 0 Å². The van der Waals surface area contributed by atoms with Gasteiger partial charge in [-0.05, 0) is 42.7 Å². The van der Waals surface area contributed by atoms with E-state index in [1.165, 1.54) is 11.1 Å². The summed E-state index contributed by atoms with van der Waals surface area (Å²) in [5.74, 6) is 0.989. The molecule has 0 saturated heterocycles. The number of amides is 1. The van der Waals surface area contributed by atoms with E-state index in [1.54, 1.807) is 13.3 Å². The van der Waals surface area contributed by atoms with Gasteiger partial charge in [0.05, 0.1) is 6.10 Å². The summed E-state index contributed by atoms with van der Waals surface area (Å²) in [6, 6.07) is 12.0. The number of benzene rings is 1. The van der Waals surface area contributed by atoms with Gasteiger partial charge in [-0.3, -0.25) is 4.79 Å². The topological polar surface area (TPSA) is 54.5 Å². The van der Waals surface area contributed by atoms with Crippen molar-refractivity contribution in [3.05, 3.63) is 53.7 Å². The molecule has 2 heterocycles. The molecule has 0 bridgehead atoms. The number of ether oxygens (including phenoxy) is 1. The fourth-order valence-electron chi connectivity index (χ4n) is 2.91. The van der Waals surface area contributed by atoms with E-state index >= 15 is 0 Å². The maximum atomic E-state index is 12.2. The highest BCUT2D eigenvalue weighted by Gasteiger charge is 2.23. The molecule has 1 aromatic heterocycles. The van der Waals surface area contributed by atoms with Crippen molar-refractivity contribution in [3.63, 3.8) is 0 Å². The van der Waals surface area contributed by atoms with Gasteiger partial charge in [-0.15, -0.1) is 0 Å². The van der Waals surface area contributed by atoms with Crippen LogP contribution in [0.2, 0.25) is 0 Å². The standard InChI is InChI=1S/C19H23N3O2/c1-14(24-2)9-10-19(23)21-17-7-5-6-15-12-22(13-16(15)17)18-8-3-4-11-20-18/h3-8,11,14H,9-10,12-13H2,1-2H3,(H,21,23). The predicted octanol–water partition coefficient (Wildman–Crippen LogP) is 3.36. The molecule has 0 fully saturated rings. The van der Waals surface area contributed by atoms with Crippen molar-refractivity contribution in [2.45, 2.75) is 39.0 Å². The van der Waals surface area contributed by atoms with E-state index in [9.17, 15) is 4.79 Å². The molecule has 1 atom stereocenters. The summed E-state index contributed by atoms with van der Waals surface area (Å²) in [5, 5.41) is 3.05. The van der Waals surface area contributed by atoms with Gasteiger partial charge >= 0.3 is 0 Å². The molecule has 1 N–H and O–H groups in total. The van der Waals surface area contributed by atoms with Gasteiger partial charge in [0.25, 0.3) is 0 Å². The monoisotopic (exact) mass is 325 g/mol. The molecule has 5 heteroatoms. The third-order valence-corrected chi connectivity index (χ3v) is 4.41. The fraction of sp³-hybridized carbons (Fsp3) is 0.368. The van der Waals surface area contributed by atoms with Crippen molar-refractivity contribution in [2.24, 2.45) is 0 Å². The maximum Gasteiger partial charge on any atom is 0.224 e. The SMILES string of the molecule is COC(C)CCC(=O)Nc1cccc2c1CN(c1ccccn1)C2. The number of nitrogens with zero attached hydrogens (tertiary/aromatic N) is 2. The van der Waals surface area contributed by atoms with Gasteiger partial charge in [-0.1, -0.05) is 18.2 Å². The number of anilines is 2. The Kier molecular flexibility index (Phi) is 5.11. The van der Waals surface area contributed by atoms with Crippen LogP contribution in [0.15, 0.2) is 42.6 Å². The molecular weight excluding hydrogens is 302 g/mol. The molecule has 5 nitrogen and oxygen atoms in total. The number of hydrogen-bond acceptors (Lipinski definition) is 4. The quantitative estimate of drug-likeness (QED) is 0.885. The number of carbonyl (C=O) groups excluding carboxylic acids is 1. The number of rotatable bonds is 6. The first kappa shape index (κ1) is 16.5. The lowest BCUT2D eigenvalue weighted by Gasteiger charge is -2.16. The largest absolute Gasteiger partial charge is 0.382 e. The zero-order valence-corrected chi connectivity index (χ0v) is 14.2. The maximum absolute atomic E-state index is 12.2. The lowest BCUT2D eigenvalue weighted by molar-refractivity contribution is -0.116. The Labute approximate surface area is 142 Å². The Bertz CT molecular complexity index is 703. The van der Waals surface area contributed by atoms with Crippen molar-refractivity contribution < 1.29 is 9.53 Å². The predicted molar refractivity (Wildman–Crippen MR) is 94.9 cm³/mol. The molecule has 1 unspecified atom stereocenters. The molecule has 1 aliphatic heterocycles. The normalized spacial score (nSPS) is 14.3. The second-order valence-corrected chi connectivity index (χ2v) is 6.12. The van der Waals surface area contributed by atoms with Crippen LogP contribution in [0.4, 0.5) is 11.5 Å². The van der Waals surface area contributed by atoms with Gasteiger partial charge in [0, 0.05) is 38.5 Å². The molecule has 1 aliphatic rings. The molecule has 126 valence electrons. The Morgan fingerprint density at radius 1 is 1.29 bits per heavy atom. The van der Waals surface area contributed by atoms with Gasteiger partial charge in [0.1, 0.15) is 5.82 Å². The molecule has 0 radical (unpaired) electrons. The molecule has 1 aromatic carbocycles. The molecule has 24 heavy (non-hydrogen) atoms. The highest BCUT2D eigenvalue weighted by molar-refractivity contribution is 5.92. The van der Waals surface area contributed by atoms with Crippen molar-refractivity contribution in [2.75, 3.05) is 17.3 Å². The van der Waals surface area contributed by atoms with Gasteiger partial charge in [-0.25, -0.2) is 4.98 Å². The van der Waals surface area contributed by atoms with Crippen LogP contribution in [0, 0.1) is 0 Å². The summed E-state index contributed by atoms with van der Waals surface area (Å²) in [6.45, 7) is 3.55. The minimum absolute atomic E-state index is 0.0311. The Morgan fingerprint density at radius 2 is 2.17 bits per heavy atom. The molecule has 0 aliphatic carbocycles. The van der Waals surface area contributed by atoms with Crippen molar-refractivity contribution in [3.8, 4) is 0 Å². The van der Waals surface area contributed by atoms with E-state index < -0.39 is 0 Å². The van der Waals surface area contributed by atoms with Gasteiger partial charge < -0.3 is 15.0 Å². The van der Waals surface area contributed by atoms with Crippen LogP contribution in [0.5, 0.6) is 0 Å². The van der Waals surface area contributed by atoms with Crippen LogP contribution in [0.1, 0.15) is 30.9 Å². The molecule has 1 amide bonds. The average Bonchev–Trinajstić information content (AvgIpc) is 3.06. The summed E-state index contributed by atoms with van der Waals surface area (Å²) >= 11 is 0. The zero-order chi connectivity index (χ0) is 16.9. The number of fused-ring (bicyclic) bond motifs is 1. The smallest absolute Gasteiger partial charge is 0.224 e. The van der Waals surface area contributed by atoms with Crippen molar-refractivity contribution in [1.29, 1.82) is 0 Å². The van der Waals surface area contributed by atoms with Crippen LogP contribution in [-0.4, -0.2) is 24.1 Å². The van der Waals surface area contributed by atoms with Crippen molar-refractivity contribution >= 4 is 17.4 Å². The minimum atomic E-state index is 0.0311. The summed E-state index contributed by atoms with van der Waals surface area (Å²) in [4.78, 5) is 18.8. The number of methoxy groups -OCH3 is 1. The van der Waals surface area contributed by atoms with E-state index in [0.29, 0.717) is 6.42 Å². The fourth-order valence-corrected chi connectivity index (χ4v) is 2.91. The van der Waals surface area contributed by atoms with E-state index in [4.69, 9.17) is 4.74 Å². The van der Waals surface area contributed by atoms with Gasteiger partial charge in [0.15, 0.2) is 0 Å². The second kappa shape index (κ2) is 7.45. The molecular formula is C19H23N3O2. The van der Waals surface area contributed by atoms with Crippen molar-refractivity contribution in [1.82, 2.24) is 4.98 Å². The lowest BCUT2D eigenvalue weighted by atomic mass is 10.1. The number of aromatic nitrogens is 1. The van der Waals surface area contributed by atoms with E-state index in [-0.39, 0.29) is 12.0 Å². The molecule has 2 aromatic rings. The van der Waals surface area contributed by atoms with E-state index in [1.807, 2.05) is 37.3 Å². The molecule has 3 rings (SSSR count). The van der Waals surface area contributed by atoms with Gasteiger partial charge in [-0.2, -0.15) is 0 Å². The first-order valence-electron chi connectivity index (χ1n) is 8.26. The summed E-state index contributed by atoms with van der Waals surface area (Å²) in [7, 11) is 1.67. The number of hydrogen-bond donors (Lipinski definition) is 1. The highest BCUT2D eigenvalue weighted by atomic mass is 16.5. The first-order chi connectivity index (χ1) is 11.7. The third kappa shape index (κ3) is 3.74. The first-order valence-corrected chi connectivity index (χ1v) is 8.26. The number of pyridine rings is 1. The molecule has 0 spiro atoms. The van der Waals surface area contributed by atoms with Crippen LogP contribution in [0.25, 0.3) is 0 Å². The number of nitrogens with one attached hydrogen (secondary N) is 1. The van der Waals surface area contributed by atoms with Gasteiger partial charge in [0.2, 0.25) is 5.91 Å². The highest BCUT2D eigenvalue weighted by Crippen LogP contribution is 2.31. The Morgan fingerprint density at radius 3 is 2.92 bits per heavy atom. The van der Waals surface area contributed by atoms with E-state index in [2.05, 4.69) is 21.3 Å². The second-order valence-electron chi connectivity index (χ2n) is 6.12. The zero-order valence-electron chi connectivity index (χ0n) is 14.2. The Hall–Kier alpha value is -2.40. The Balaban J connectivity index is 1.68. The summed E-state index contributed by atoms with van der Waals surface area (Å²) in [6.07, 6.45) is 3.08. The van der Waals surface area contributed by atoms with E-state index in [0.717, 1.165) is 31.0 Å².